The van der Waals surface area contributed by atoms with Crippen molar-refractivity contribution in [1.29, 1.82) is 0 Å². The van der Waals surface area contributed by atoms with E-state index < -0.39 is 0 Å². The van der Waals surface area contributed by atoms with E-state index in [9.17, 15) is 0 Å². The fraction of sp³-hybridized carbons (Fsp3) is 0.588. The molecule has 1 fully saturated rings. The van der Waals surface area contributed by atoms with Crippen LogP contribution in [0.4, 0.5) is 0 Å². The molecule has 0 spiro atoms. The minimum Gasteiger partial charge on any atom is -0.381 e. The number of nitrogens with one attached hydrogen (secondary N) is 1. The summed E-state index contributed by atoms with van der Waals surface area (Å²) >= 11 is 12.5. The normalized spacial score (nSPS) is 17.2. The Morgan fingerprint density at radius 3 is 2.67 bits per heavy atom. The monoisotopic (exact) mass is 485 g/mol. The van der Waals surface area contributed by atoms with Gasteiger partial charge in [-0.05, 0) is 37.0 Å². The van der Waals surface area contributed by atoms with Crippen LogP contribution in [-0.2, 0) is 10.2 Å². The van der Waals surface area contributed by atoms with Crippen molar-refractivity contribution in [2.24, 2.45) is 10.7 Å². The first-order valence-electron chi connectivity index (χ1n) is 8.14. The molecule has 0 aromatic heterocycles. The lowest BCUT2D eigenvalue weighted by Gasteiger charge is -2.37. The molecule has 3 N–H and O–H groups in total. The van der Waals surface area contributed by atoms with Crippen LogP contribution in [0.5, 0.6) is 0 Å². The van der Waals surface area contributed by atoms with E-state index in [0.29, 0.717) is 35.8 Å². The Balaban J connectivity index is 0.00000288. The van der Waals surface area contributed by atoms with E-state index in [4.69, 9.17) is 33.7 Å². The minimum atomic E-state index is -0.142. The molecule has 1 aromatic carbocycles. The second-order valence-corrected chi connectivity index (χ2v) is 6.84. The Labute approximate surface area is 171 Å². The van der Waals surface area contributed by atoms with E-state index in [1.165, 1.54) is 0 Å². The number of nitrogens with zero attached hydrogens (tertiary/aromatic N) is 1. The summed E-state index contributed by atoms with van der Waals surface area (Å²) in [6.45, 7) is 5.01. The lowest BCUT2D eigenvalue weighted by Crippen LogP contribution is -2.39. The van der Waals surface area contributed by atoms with E-state index in [2.05, 4.69) is 17.2 Å². The van der Waals surface area contributed by atoms with Gasteiger partial charge in [0.05, 0.1) is 6.54 Å². The van der Waals surface area contributed by atoms with Crippen molar-refractivity contribution in [3.63, 3.8) is 0 Å². The first kappa shape index (κ1) is 21.8. The van der Waals surface area contributed by atoms with Gasteiger partial charge in [0, 0.05) is 35.2 Å². The molecule has 136 valence electrons. The average molecular weight is 486 g/mol. The molecule has 0 radical (unpaired) electrons. The summed E-state index contributed by atoms with van der Waals surface area (Å²) in [7, 11) is 0. The Morgan fingerprint density at radius 1 is 1.33 bits per heavy atom. The van der Waals surface area contributed by atoms with Crippen LogP contribution in [0.25, 0.3) is 0 Å². The van der Waals surface area contributed by atoms with Crippen LogP contribution in [0.15, 0.2) is 23.2 Å². The third-order valence-electron chi connectivity index (χ3n) is 4.34. The quantitative estimate of drug-likeness (QED) is 0.272. The molecule has 0 unspecified atom stereocenters. The summed E-state index contributed by atoms with van der Waals surface area (Å²) in [6, 6.07) is 5.68. The first-order chi connectivity index (χ1) is 11.1. The van der Waals surface area contributed by atoms with E-state index in [-0.39, 0.29) is 29.4 Å². The summed E-state index contributed by atoms with van der Waals surface area (Å²) in [5, 5.41) is 4.49. The summed E-state index contributed by atoms with van der Waals surface area (Å²) in [4.78, 5) is 4.57. The first-order valence-corrected chi connectivity index (χ1v) is 8.90. The third-order valence-corrected chi connectivity index (χ3v) is 4.89. The zero-order valence-electron chi connectivity index (χ0n) is 14.0. The van der Waals surface area contributed by atoms with E-state index >= 15 is 0 Å². The molecule has 1 aromatic rings. The summed E-state index contributed by atoms with van der Waals surface area (Å²) < 4.78 is 5.53. The largest absolute Gasteiger partial charge is 0.381 e. The maximum atomic E-state index is 6.45. The highest BCUT2D eigenvalue weighted by Crippen LogP contribution is 2.39. The third kappa shape index (κ3) is 5.93. The van der Waals surface area contributed by atoms with Gasteiger partial charge in [0.15, 0.2) is 5.96 Å². The Hall–Kier alpha value is -0.240. The SMILES string of the molecule is CCCCNC(N)=NCC1(c2ccc(Cl)cc2Cl)CCOCC1.I. The Kier molecular flexibility index (Phi) is 9.71. The predicted molar refractivity (Wildman–Crippen MR) is 113 cm³/mol. The highest BCUT2D eigenvalue weighted by Gasteiger charge is 2.36. The van der Waals surface area contributed by atoms with E-state index in [0.717, 1.165) is 37.8 Å². The fourth-order valence-corrected chi connectivity index (χ4v) is 3.49. The molecule has 4 nitrogen and oxygen atoms in total. The van der Waals surface area contributed by atoms with Crippen molar-refractivity contribution < 1.29 is 4.74 Å². The number of hydrogen-bond acceptors (Lipinski definition) is 2. The molecule has 2 rings (SSSR count). The van der Waals surface area contributed by atoms with Crippen molar-refractivity contribution in [2.75, 3.05) is 26.3 Å². The topological polar surface area (TPSA) is 59.6 Å². The van der Waals surface area contributed by atoms with Crippen molar-refractivity contribution in [1.82, 2.24) is 5.32 Å². The van der Waals surface area contributed by atoms with Gasteiger partial charge in [-0.3, -0.25) is 4.99 Å². The van der Waals surface area contributed by atoms with Crippen LogP contribution in [0.1, 0.15) is 38.2 Å². The maximum absolute atomic E-state index is 6.45. The number of aliphatic imine (C=N–C) groups is 1. The van der Waals surface area contributed by atoms with Gasteiger partial charge in [0.25, 0.3) is 0 Å². The number of rotatable bonds is 6. The molecule has 7 heteroatoms. The molecule has 0 amide bonds. The number of benzene rings is 1. The van der Waals surface area contributed by atoms with Crippen molar-refractivity contribution in [2.45, 2.75) is 38.0 Å². The van der Waals surface area contributed by atoms with Gasteiger partial charge in [-0.2, -0.15) is 0 Å². The number of unbranched alkanes of at least 4 members (excludes halogenated alkanes) is 1. The predicted octanol–water partition coefficient (Wildman–Crippen LogP) is 4.36. The molecule has 24 heavy (non-hydrogen) atoms. The van der Waals surface area contributed by atoms with Gasteiger partial charge in [0.1, 0.15) is 0 Å². The molecular formula is C17H26Cl2IN3O. The molecule has 0 aliphatic carbocycles. The summed E-state index contributed by atoms with van der Waals surface area (Å²) in [5.74, 6) is 0.495. The van der Waals surface area contributed by atoms with Gasteiger partial charge < -0.3 is 15.8 Å². The molecule has 1 aliphatic heterocycles. The Bertz CT molecular complexity index is 549. The highest BCUT2D eigenvalue weighted by molar-refractivity contribution is 14.0. The summed E-state index contributed by atoms with van der Waals surface area (Å²) in [5.41, 5.74) is 6.92. The number of nitrogens with two attached hydrogens (primary N) is 1. The van der Waals surface area contributed by atoms with Crippen LogP contribution in [0, 0.1) is 0 Å². The molecule has 0 bridgehead atoms. The van der Waals surface area contributed by atoms with Gasteiger partial charge in [-0.1, -0.05) is 42.6 Å². The second kappa shape index (κ2) is 10.7. The summed E-state index contributed by atoms with van der Waals surface area (Å²) in [6.07, 6.45) is 3.96. The van der Waals surface area contributed by atoms with Gasteiger partial charge >= 0.3 is 0 Å². The van der Waals surface area contributed by atoms with Crippen molar-refractivity contribution in [3.05, 3.63) is 33.8 Å². The zero-order chi connectivity index (χ0) is 16.7. The van der Waals surface area contributed by atoms with Gasteiger partial charge in [-0.25, -0.2) is 0 Å². The van der Waals surface area contributed by atoms with E-state index in [1.54, 1.807) is 6.07 Å². The van der Waals surface area contributed by atoms with Crippen LogP contribution < -0.4 is 11.1 Å². The smallest absolute Gasteiger partial charge is 0.188 e. The standard InChI is InChI=1S/C17H25Cl2N3O.HI/c1-2-3-8-21-16(20)22-12-17(6-9-23-10-7-17)14-5-4-13(18)11-15(14)19;/h4-5,11H,2-3,6-10,12H2,1H3,(H3,20,21,22);1H. The van der Waals surface area contributed by atoms with Crippen LogP contribution in [0.2, 0.25) is 10.0 Å². The van der Waals surface area contributed by atoms with Crippen molar-refractivity contribution >= 4 is 53.1 Å². The second-order valence-electron chi connectivity index (χ2n) is 6.00. The molecule has 1 heterocycles. The molecule has 1 saturated heterocycles. The van der Waals surface area contributed by atoms with E-state index in [1.807, 2.05) is 12.1 Å². The Morgan fingerprint density at radius 2 is 2.04 bits per heavy atom. The van der Waals surface area contributed by atoms with Crippen LogP contribution in [-0.4, -0.2) is 32.3 Å². The minimum absolute atomic E-state index is 0. The molecule has 0 atom stereocenters. The molecular weight excluding hydrogens is 460 g/mol. The molecule has 1 aliphatic rings. The fourth-order valence-electron chi connectivity index (χ4n) is 2.88. The van der Waals surface area contributed by atoms with Gasteiger partial charge in [-0.15, -0.1) is 24.0 Å². The van der Waals surface area contributed by atoms with Crippen LogP contribution >= 0.6 is 47.2 Å². The average Bonchev–Trinajstić information content (AvgIpc) is 2.54. The number of hydrogen-bond donors (Lipinski definition) is 2. The number of ether oxygens (including phenoxy) is 1. The number of guanidine groups is 1. The van der Waals surface area contributed by atoms with Crippen LogP contribution in [0.3, 0.4) is 0 Å². The lowest BCUT2D eigenvalue weighted by atomic mass is 9.74. The maximum Gasteiger partial charge on any atom is 0.188 e. The van der Waals surface area contributed by atoms with Gasteiger partial charge in [0.2, 0.25) is 0 Å². The highest BCUT2D eigenvalue weighted by atomic mass is 127. The zero-order valence-corrected chi connectivity index (χ0v) is 17.8. The lowest BCUT2D eigenvalue weighted by molar-refractivity contribution is 0.0531. The number of halogens is 3. The van der Waals surface area contributed by atoms with Crippen molar-refractivity contribution in [3.8, 4) is 0 Å². The molecule has 0 saturated carbocycles.